The number of ketones is 1. The van der Waals surface area contributed by atoms with Crippen LogP contribution in [0.1, 0.15) is 131 Å². The molecular weight excluding hydrogens is 572 g/mol. The minimum Gasteiger partial charge on any atom is -0.446 e. The average molecular weight is 629 g/mol. The van der Waals surface area contributed by atoms with Crippen LogP contribution in [0.4, 0.5) is 0 Å². The van der Waals surface area contributed by atoms with Crippen LogP contribution in [0, 0.1) is 65.1 Å². The lowest BCUT2D eigenvalue weighted by atomic mass is 9.46. The molecule has 0 bridgehead atoms. The van der Waals surface area contributed by atoms with Gasteiger partial charge in [0, 0.05) is 31.6 Å². The molecule has 0 spiro atoms. The van der Waals surface area contributed by atoms with E-state index in [9.17, 15) is 14.4 Å². The summed E-state index contributed by atoms with van der Waals surface area (Å²) in [5.74, 6) is 8.12. The SMILES string of the molecule is C#CC1(OC(C)=O)CCC2C3CCC4=CC(=O)CC[C@]4(C)C3CC[C@@]21C.C#CC1(OC(C)=O)CCC[C@H]1C.C=C=C1CCC[C@H]1C. The van der Waals surface area contributed by atoms with Crippen molar-refractivity contribution in [2.24, 2.45) is 40.4 Å². The predicted molar refractivity (Wildman–Crippen MR) is 182 cm³/mol. The molecule has 6 aliphatic carbocycles. The first kappa shape index (κ1) is 35.8. The highest BCUT2D eigenvalue weighted by Crippen LogP contribution is 2.68. The van der Waals surface area contributed by atoms with E-state index in [0.717, 1.165) is 70.1 Å². The first-order chi connectivity index (χ1) is 21.7. The van der Waals surface area contributed by atoms with E-state index in [1.165, 1.54) is 44.3 Å². The monoisotopic (exact) mass is 628 g/mol. The average Bonchev–Trinajstić information content (AvgIpc) is 3.68. The molecule has 0 saturated heterocycles. The Bertz CT molecular complexity index is 1370. The second-order valence-electron chi connectivity index (χ2n) is 15.4. The summed E-state index contributed by atoms with van der Waals surface area (Å²) >= 11 is 0. The number of allylic oxidation sites excluding steroid dienone is 2. The number of rotatable bonds is 2. The molecule has 5 heteroatoms. The molecular formula is C41H56O5. The van der Waals surface area contributed by atoms with Gasteiger partial charge in [0.05, 0.1) is 0 Å². The van der Waals surface area contributed by atoms with Gasteiger partial charge < -0.3 is 9.47 Å². The molecule has 0 heterocycles. The van der Waals surface area contributed by atoms with Crippen molar-refractivity contribution in [3.63, 3.8) is 0 Å². The van der Waals surface area contributed by atoms with E-state index in [0.29, 0.717) is 35.9 Å². The smallest absolute Gasteiger partial charge is 0.304 e. The number of ether oxygens (including phenoxy) is 2. The topological polar surface area (TPSA) is 69.7 Å². The van der Waals surface area contributed by atoms with Gasteiger partial charge in [-0.3, -0.25) is 14.4 Å². The van der Waals surface area contributed by atoms with E-state index >= 15 is 0 Å². The fourth-order valence-electron chi connectivity index (χ4n) is 10.3. The lowest BCUT2D eigenvalue weighted by Gasteiger charge is -2.58. The standard InChI is InChI=1S/C23H30O3.C10H14O2.C8H12/c1-5-23(26-15(2)24)13-10-20-18-7-6-16-14-17(25)8-11-21(16,3)19(18)9-12-22(20,23)4;1-4-10(12-9(3)11)7-5-6-8(10)2;1-3-8-6-4-5-7(8)2/h1,14,18-20H,6-13H2,2-4H3;1,8H,5-7H2,2-3H3;7H,1,4-6H2,2H3/t18?,19?,20?,21-,22-,23?;8-,10?;7-/m011/s1. The molecule has 0 aliphatic heterocycles. The highest BCUT2D eigenvalue weighted by molar-refractivity contribution is 5.91. The normalized spacial score (nSPS) is 40.4. The Labute approximate surface area is 278 Å². The molecule has 0 aromatic heterocycles. The van der Waals surface area contributed by atoms with Gasteiger partial charge in [-0.15, -0.1) is 18.6 Å². The van der Waals surface area contributed by atoms with E-state index < -0.39 is 11.2 Å². The molecule has 0 radical (unpaired) electrons. The lowest BCUT2D eigenvalue weighted by Crippen LogP contribution is -2.55. The number of hydrogen-bond donors (Lipinski definition) is 0. The molecule has 0 aromatic rings. The van der Waals surface area contributed by atoms with Crippen LogP contribution in [0.15, 0.2) is 29.5 Å². The quantitative estimate of drug-likeness (QED) is 0.174. The fraction of sp³-hybridized carbons (Fsp3) is 0.707. The summed E-state index contributed by atoms with van der Waals surface area (Å²) in [6.45, 7) is 15.5. The lowest BCUT2D eigenvalue weighted by molar-refractivity contribution is -0.169. The Morgan fingerprint density at radius 2 is 1.54 bits per heavy atom. The van der Waals surface area contributed by atoms with Crippen LogP contribution in [-0.2, 0) is 23.9 Å². The first-order valence-electron chi connectivity index (χ1n) is 17.7. The zero-order valence-corrected chi connectivity index (χ0v) is 29.3. The number of hydrogen-bond acceptors (Lipinski definition) is 5. The first-order valence-corrected chi connectivity index (χ1v) is 17.7. The molecule has 46 heavy (non-hydrogen) atoms. The summed E-state index contributed by atoms with van der Waals surface area (Å²) < 4.78 is 11.0. The minimum atomic E-state index is -0.742. The van der Waals surface area contributed by atoms with Crippen molar-refractivity contribution in [1.82, 2.24) is 0 Å². The van der Waals surface area contributed by atoms with E-state index in [2.05, 4.69) is 44.9 Å². The van der Waals surface area contributed by atoms with Crippen LogP contribution in [0.5, 0.6) is 0 Å². The molecule has 6 aliphatic rings. The summed E-state index contributed by atoms with van der Waals surface area (Å²) in [6.07, 6.45) is 27.9. The van der Waals surface area contributed by atoms with Crippen molar-refractivity contribution in [3.05, 3.63) is 29.5 Å². The van der Waals surface area contributed by atoms with Crippen LogP contribution >= 0.6 is 0 Å². The summed E-state index contributed by atoms with van der Waals surface area (Å²) in [5, 5.41) is 0. The third-order valence-corrected chi connectivity index (χ3v) is 13.1. The molecule has 5 unspecified atom stereocenters. The second kappa shape index (κ2) is 14.0. The van der Waals surface area contributed by atoms with Gasteiger partial charge in [-0.05, 0) is 124 Å². The van der Waals surface area contributed by atoms with Crippen molar-refractivity contribution in [2.45, 2.75) is 143 Å². The highest BCUT2D eigenvalue weighted by Gasteiger charge is 2.65. The maximum Gasteiger partial charge on any atom is 0.304 e. The summed E-state index contributed by atoms with van der Waals surface area (Å²) in [5.41, 5.74) is 4.50. The van der Waals surface area contributed by atoms with Gasteiger partial charge in [0.1, 0.15) is 0 Å². The largest absolute Gasteiger partial charge is 0.446 e. The van der Waals surface area contributed by atoms with Crippen LogP contribution in [0.2, 0.25) is 0 Å². The van der Waals surface area contributed by atoms with Gasteiger partial charge >= 0.3 is 11.9 Å². The third-order valence-electron chi connectivity index (χ3n) is 13.1. The third kappa shape index (κ3) is 6.56. The Hall–Kier alpha value is -3.01. The Kier molecular flexibility index (Phi) is 10.9. The number of carbonyl (C=O) groups is 3. The second-order valence-corrected chi connectivity index (χ2v) is 15.4. The molecule has 5 nitrogen and oxygen atoms in total. The Morgan fingerprint density at radius 3 is 2.07 bits per heavy atom. The molecule has 9 atom stereocenters. The van der Waals surface area contributed by atoms with Gasteiger partial charge in [-0.2, -0.15) is 0 Å². The van der Waals surface area contributed by atoms with Gasteiger partial charge in [0.15, 0.2) is 17.0 Å². The zero-order chi connectivity index (χ0) is 33.9. The number of carbonyl (C=O) groups excluding carboxylic acids is 3. The number of fused-ring (bicyclic) bond motifs is 5. The Balaban J connectivity index is 0.000000197. The van der Waals surface area contributed by atoms with Gasteiger partial charge in [0.25, 0.3) is 0 Å². The maximum atomic E-state index is 11.9. The summed E-state index contributed by atoms with van der Waals surface area (Å²) in [4.78, 5) is 34.5. The zero-order valence-electron chi connectivity index (χ0n) is 29.3. The van der Waals surface area contributed by atoms with Crippen LogP contribution in [0.25, 0.3) is 0 Å². The van der Waals surface area contributed by atoms with Crippen LogP contribution < -0.4 is 0 Å². The molecule has 0 amide bonds. The van der Waals surface area contributed by atoms with E-state index in [1.54, 1.807) is 0 Å². The Morgan fingerprint density at radius 1 is 0.848 bits per heavy atom. The van der Waals surface area contributed by atoms with Gasteiger partial charge in [-0.25, -0.2) is 0 Å². The predicted octanol–water partition coefficient (Wildman–Crippen LogP) is 8.71. The molecule has 6 rings (SSSR count). The molecule has 5 saturated carbocycles. The van der Waals surface area contributed by atoms with E-state index in [4.69, 9.17) is 22.3 Å². The fourth-order valence-corrected chi connectivity index (χ4v) is 10.3. The van der Waals surface area contributed by atoms with Gasteiger partial charge in [-0.1, -0.05) is 51.7 Å². The minimum absolute atomic E-state index is 0.128. The maximum absolute atomic E-state index is 11.9. The van der Waals surface area contributed by atoms with Crippen LogP contribution in [-0.4, -0.2) is 28.9 Å². The van der Waals surface area contributed by atoms with Crippen molar-refractivity contribution in [2.75, 3.05) is 0 Å². The molecule has 0 aromatic carbocycles. The molecule has 5 fully saturated rings. The van der Waals surface area contributed by atoms with Crippen molar-refractivity contribution in [3.8, 4) is 24.7 Å². The summed E-state index contributed by atoms with van der Waals surface area (Å²) in [6, 6.07) is 0. The van der Waals surface area contributed by atoms with Gasteiger partial charge in [0.2, 0.25) is 0 Å². The number of terminal acetylenes is 2. The summed E-state index contributed by atoms with van der Waals surface area (Å²) in [7, 11) is 0. The van der Waals surface area contributed by atoms with E-state index in [1.807, 2.05) is 13.0 Å². The highest BCUT2D eigenvalue weighted by atomic mass is 16.6. The van der Waals surface area contributed by atoms with E-state index in [-0.39, 0.29) is 22.8 Å². The number of esters is 2. The van der Waals surface area contributed by atoms with Crippen LogP contribution in [0.3, 0.4) is 0 Å². The molecule has 0 N–H and O–H groups in total. The van der Waals surface area contributed by atoms with Crippen molar-refractivity contribution in [1.29, 1.82) is 0 Å². The van der Waals surface area contributed by atoms with Crippen molar-refractivity contribution < 1.29 is 23.9 Å². The molecule has 250 valence electrons. The van der Waals surface area contributed by atoms with Crippen molar-refractivity contribution >= 4 is 17.7 Å².